The molecular weight excluding hydrogens is 130 g/mol. The lowest BCUT2D eigenvalue weighted by molar-refractivity contribution is -0.114. The maximum Gasteiger partial charge on any atom is 0.293 e. The van der Waals surface area contributed by atoms with E-state index < -0.39 is 0 Å². The number of nitrogens with zero attached hydrogens (tertiary/aromatic N) is 3. The van der Waals surface area contributed by atoms with Crippen LogP contribution in [0.15, 0.2) is 22.0 Å². The van der Waals surface area contributed by atoms with E-state index in [0.29, 0.717) is 18.4 Å². The van der Waals surface area contributed by atoms with Crippen LogP contribution in [0, 0.1) is 11.3 Å². The third kappa shape index (κ3) is 1.26. The Bertz CT molecular complexity index is 246. The molecule has 0 aliphatic carbocycles. The summed E-state index contributed by atoms with van der Waals surface area (Å²) in [5, 5.41) is 14.8. The van der Waals surface area contributed by atoms with Crippen LogP contribution < -0.4 is 0 Å². The molecule has 4 nitrogen and oxygen atoms in total. The number of carbonyl (C=O) groups is 1. The Labute approximate surface area is 57.9 Å². The van der Waals surface area contributed by atoms with E-state index in [-0.39, 0.29) is 5.91 Å². The molecule has 0 atom stereocenters. The van der Waals surface area contributed by atoms with Crippen molar-refractivity contribution in [2.75, 3.05) is 0 Å². The van der Waals surface area contributed by atoms with Crippen LogP contribution in [-0.4, -0.2) is 5.91 Å². The largest absolute Gasteiger partial charge is 0.293 e. The summed E-state index contributed by atoms with van der Waals surface area (Å²) >= 11 is 0. The van der Waals surface area contributed by atoms with Crippen molar-refractivity contribution in [2.24, 2.45) is 10.2 Å². The average molecular weight is 135 g/mol. The minimum absolute atomic E-state index is 0.310. The molecule has 0 aromatic rings. The fourth-order valence-corrected chi connectivity index (χ4v) is 0.632. The minimum Gasteiger partial charge on any atom is -0.265 e. The topological polar surface area (TPSA) is 65.6 Å². The first-order valence-corrected chi connectivity index (χ1v) is 2.86. The van der Waals surface area contributed by atoms with Crippen molar-refractivity contribution >= 4 is 5.91 Å². The van der Waals surface area contributed by atoms with Crippen molar-refractivity contribution < 1.29 is 4.79 Å². The average Bonchev–Trinajstić information content (AvgIpc) is 2.31. The van der Waals surface area contributed by atoms with Gasteiger partial charge in [-0.25, -0.2) is 0 Å². The first-order chi connectivity index (χ1) is 4.84. The summed E-state index contributed by atoms with van der Waals surface area (Å²) in [6.45, 7) is 0. The second kappa shape index (κ2) is 2.87. The summed E-state index contributed by atoms with van der Waals surface area (Å²) in [5.41, 5.74) is 0.529. The third-order valence-electron chi connectivity index (χ3n) is 1.14. The summed E-state index contributed by atoms with van der Waals surface area (Å²) in [7, 11) is 0. The molecule has 0 aromatic carbocycles. The van der Waals surface area contributed by atoms with E-state index in [1.54, 1.807) is 0 Å². The van der Waals surface area contributed by atoms with Gasteiger partial charge in [-0.15, -0.1) is 5.11 Å². The highest BCUT2D eigenvalue weighted by Gasteiger charge is 2.11. The Morgan fingerprint density at radius 1 is 1.70 bits per heavy atom. The molecule has 0 bridgehead atoms. The Balaban J connectivity index is 2.46. The van der Waals surface area contributed by atoms with Crippen LogP contribution in [0.4, 0.5) is 0 Å². The molecule has 1 heterocycles. The first kappa shape index (κ1) is 6.62. The number of nitriles is 1. The van der Waals surface area contributed by atoms with Gasteiger partial charge in [0.15, 0.2) is 0 Å². The smallest absolute Gasteiger partial charge is 0.265 e. The van der Waals surface area contributed by atoms with Crippen LogP contribution >= 0.6 is 0 Å². The van der Waals surface area contributed by atoms with Gasteiger partial charge < -0.3 is 0 Å². The van der Waals surface area contributed by atoms with Gasteiger partial charge in [0.05, 0.1) is 12.3 Å². The molecule has 0 spiro atoms. The molecule has 1 aliphatic heterocycles. The number of azo groups is 1. The Kier molecular flexibility index (Phi) is 1.90. The molecule has 1 aliphatic rings. The van der Waals surface area contributed by atoms with Crippen LogP contribution in [0.3, 0.4) is 0 Å². The fraction of sp³-hybridized carbons (Fsp3) is 0.333. The molecular formula is C6H5N3O. The van der Waals surface area contributed by atoms with E-state index in [4.69, 9.17) is 5.26 Å². The molecule has 0 N–H and O–H groups in total. The SMILES string of the molecule is N#CCCC1=CN=NC1=O. The summed E-state index contributed by atoms with van der Waals surface area (Å²) in [6, 6.07) is 1.94. The molecule has 50 valence electrons. The lowest BCUT2D eigenvalue weighted by atomic mass is 10.1. The van der Waals surface area contributed by atoms with Crippen LogP contribution in [-0.2, 0) is 4.79 Å². The van der Waals surface area contributed by atoms with Crippen LogP contribution in [0.1, 0.15) is 12.8 Å². The highest BCUT2D eigenvalue weighted by atomic mass is 16.2. The standard InChI is InChI=1S/C6H5N3O/c7-3-1-2-5-4-8-9-6(5)10/h4H,1-2H2. The van der Waals surface area contributed by atoms with Gasteiger partial charge in [-0.2, -0.15) is 10.4 Å². The molecule has 0 unspecified atom stereocenters. The van der Waals surface area contributed by atoms with Crippen LogP contribution in [0.2, 0.25) is 0 Å². The second-order valence-electron chi connectivity index (χ2n) is 1.83. The molecule has 0 radical (unpaired) electrons. The molecule has 0 saturated carbocycles. The Morgan fingerprint density at radius 3 is 3.00 bits per heavy atom. The van der Waals surface area contributed by atoms with Crippen LogP contribution in [0.25, 0.3) is 0 Å². The fourth-order valence-electron chi connectivity index (χ4n) is 0.632. The van der Waals surface area contributed by atoms with Gasteiger partial charge in [0.25, 0.3) is 5.91 Å². The van der Waals surface area contributed by atoms with Gasteiger partial charge in [0.1, 0.15) is 0 Å². The second-order valence-corrected chi connectivity index (χ2v) is 1.83. The number of hydrogen-bond acceptors (Lipinski definition) is 3. The molecule has 0 saturated heterocycles. The van der Waals surface area contributed by atoms with Gasteiger partial charge in [-0.1, -0.05) is 0 Å². The molecule has 10 heavy (non-hydrogen) atoms. The normalized spacial score (nSPS) is 15.1. The van der Waals surface area contributed by atoms with E-state index in [1.807, 2.05) is 6.07 Å². The highest BCUT2D eigenvalue weighted by Crippen LogP contribution is 2.12. The minimum atomic E-state index is -0.310. The van der Waals surface area contributed by atoms with Crippen molar-refractivity contribution in [1.82, 2.24) is 0 Å². The zero-order chi connectivity index (χ0) is 7.40. The quantitative estimate of drug-likeness (QED) is 0.570. The molecule has 0 fully saturated rings. The predicted molar refractivity (Wildman–Crippen MR) is 32.8 cm³/mol. The van der Waals surface area contributed by atoms with Crippen molar-refractivity contribution in [3.8, 4) is 6.07 Å². The van der Waals surface area contributed by atoms with Crippen molar-refractivity contribution in [3.05, 3.63) is 11.8 Å². The molecule has 4 heteroatoms. The van der Waals surface area contributed by atoms with Gasteiger partial charge in [0.2, 0.25) is 0 Å². The maximum absolute atomic E-state index is 10.6. The monoisotopic (exact) mass is 135 g/mol. The first-order valence-electron chi connectivity index (χ1n) is 2.86. The lowest BCUT2D eigenvalue weighted by Crippen LogP contribution is -1.92. The zero-order valence-electron chi connectivity index (χ0n) is 5.24. The van der Waals surface area contributed by atoms with Crippen LogP contribution in [0.5, 0.6) is 0 Å². The summed E-state index contributed by atoms with van der Waals surface area (Å²) < 4.78 is 0. The van der Waals surface area contributed by atoms with Crippen molar-refractivity contribution in [2.45, 2.75) is 12.8 Å². The van der Waals surface area contributed by atoms with Gasteiger partial charge >= 0.3 is 0 Å². The van der Waals surface area contributed by atoms with E-state index >= 15 is 0 Å². The molecule has 1 rings (SSSR count). The number of amides is 1. The predicted octanol–water partition coefficient (Wildman–Crippen LogP) is 1.17. The highest BCUT2D eigenvalue weighted by molar-refractivity contribution is 5.95. The van der Waals surface area contributed by atoms with E-state index in [0.717, 1.165) is 0 Å². The van der Waals surface area contributed by atoms with E-state index in [9.17, 15) is 4.79 Å². The maximum atomic E-state index is 10.6. The lowest BCUT2D eigenvalue weighted by Gasteiger charge is -1.88. The van der Waals surface area contributed by atoms with E-state index in [2.05, 4.69) is 10.2 Å². The number of carbonyl (C=O) groups excluding carboxylic acids is 1. The molecule has 0 aromatic heterocycles. The number of hydrogen-bond donors (Lipinski definition) is 0. The number of rotatable bonds is 2. The third-order valence-corrected chi connectivity index (χ3v) is 1.14. The molecule has 1 amide bonds. The Hall–Kier alpha value is -1.50. The summed E-state index contributed by atoms with van der Waals surface area (Å²) in [5.74, 6) is -0.310. The van der Waals surface area contributed by atoms with Gasteiger partial charge in [-0.05, 0) is 6.42 Å². The summed E-state index contributed by atoms with van der Waals surface area (Å²) in [6.07, 6.45) is 2.21. The van der Waals surface area contributed by atoms with Crippen molar-refractivity contribution in [1.29, 1.82) is 5.26 Å². The van der Waals surface area contributed by atoms with Crippen molar-refractivity contribution in [3.63, 3.8) is 0 Å². The van der Waals surface area contributed by atoms with Gasteiger partial charge in [0, 0.05) is 12.0 Å². The van der Waals surface area contributed by atoms with E-state index in [1.165, 1.54) is 6.20 Å². The zero-order valence-corrected chi connectivity index (χ0v) is 5.24. The van der Waals surface area contributed by atoms with Gasteiger partial charge in [-0.3, -0.25) is 4.79 Å². The Morgan fingerprint density at radius 2 is 2.50 bits per heavy atom. The summed E-state index contributed by atoms with van der Waals surface area (Å²) in [4.78, 5) is 10.6.